The number of carbonyl (C=O) groups excluding carboxylic acids is 1. The third-order valence-corrected chi connectivity index (χ3v) is 4.94. The van der Waals surface area contributed by atoms with Crippen molar-refractivity contribution < 1.29 is 19.0 Å². The second-order valence-corrected chi connectivity index (χ2v) is 7.72. The van der Waals surface area contributed by atoms with Crippen molar-refractivity contribution in [1.82, 2.24) is 0 Å². The fourth-order valence-electron chi connectivity index (χ4n) is 3.21. The van der Waals surface area contributed by atoms with Gasteiger partial charge >= 0.3 is 5.97 Å². The maximum atomic E-state index is 12.1. The predicted octanol–water partition coefficient (Wildman–Crippen LogP) is 5.78. The zero-order chi connectivity index (χ0) is 20.6. The van der Waals surface area contributed by atoms with Gasteiger partial charge in [-0.3, -0.25) is 4.79 Å². The number of carbonyl (C=O) groups is 1. The summed E-state index contributed by atoms with van der Waals surface area (Å²) < 4.78 is 15.9. The van der Waals surface area contributed by atoms with Gasteiger partial charge in [-0.05, 0) is 72.6 Å². The predicted molar refractivity (Wildman–Crippen MR) is 115 cm³/mol. The molecule has 1 rings (SSSR count). The van der Waals surface area contributed by atoms with Crippen molar-refractivity contribution in [2.24, 2.45) is 5.92 Å². The van der Waals surface area contributed by atoms with Crippen LogP contribution in [-0.2, 0) is 19.0 Å². The van der Waals surface area contributed by atoms with Gasteiger partial charge in [0.2, 0.25) is 0 Å². The summed E-state index contributed by atoms with van der Waals surface area (Å²) in [5.41, 5.74) is 4.35. The summed E-state index contributed by atoms with van der Waals surface area (Å²) >= 11 is 0. The summed E-state index contributed by atoms with van der Waals surface area (Å²) in [6.07, 6.45) is 14.1. The van der Waals surface area contributed by atoms with E-state index in [1.807, 2.05) is 6.92 Å². The van der Waals surface area contributed by atoms with Crippen LogP contribution in [0.2, 0.25) is 0 Å². The normalized spacial score (nSPS) is 17.2. The molecule has 0 amide bonds. The first kappa shape index (κ1) is 24.6. The van der Waals surface area contributed by atoms with Crippen LogP contribution in [0.4, 0.5) is 0 Å². The van der Waals surface area contributed by atoms with Crippen LogP contribution < -0.4 is 0 Å². The molecule has 1 aliphatic carbocycles. The van der Waals surface area contributed by atoms with Crippen molar-refractivity contribution in [1.29, 1.82) is 0 Å². The number of ether oxygens (including phenoxy) is 3. The van der Waals surface area contributed by atoms with E-state index in [9.17, 15) is 4.79 Å². The molecule has 0 heterocycles. The number of hydrogen-bond donors (Lipinski definition) is 0. The van der Waals surface area contributed by atoms with Gasteiger partial charge in [-0.15, -0.1) is 0 Å². The Balaban J connectivity index is 2.16. The largest absolute Gasteiger partial charge is 0.463 e. The minimum atomic E-state index is -0.0845. The quantitative estimate of drug-likeness (QED) is 0.213. The fourth-order valence-corrected chi connectivity index (χ4v) is 3.21. The van der Waals surface area contributed by atoms with Crippen molar-refractivity contribution in [2.45, 2.75) is 72.6 Å². The molecule has 0 aromatic rings. The Hall–Kier alpha value is -1.39. The molecule has 0 spiro atoms. The van der Waals surface area contributed by atoms with Crippen molar-refractivity contribution in [2.75, 3.05) is 33.0 Å². The van der Waals surface area contributed by atoms with Crippen LogP contribution in [0.25, 0.3) is 0 Å². The van der Waals surface area contributed by atoms with Gasteiger partial charge in [-0.2, -0.15) is 0 Å². The Morgan fingerprint density at radius 2 is 1.82 bits per heavy atom. The third kappa shape index (κ3) is 12.1. The smallest absolute Gasteiger partial charge is 0.309 e. The van der Waals surface area contributed by atoms with E-state index >= 15 is 0 Å². The zero-order valence-electron chi connectivity index (χ0n) is 18.4. The summed E-state index contributed by atoms with van der Waals surface area (Å²) in [6.45, 7) is 11.1. The van der Waals surface area contributed by atoms with Gasteiger partial charge in [0.05, 0.1) is 25.7 Å². The van der Waals surface area contributed by atoms with Gasteiger partial charge in [0.25, 0.3) is 0 Å². The highest BCUT2D eigenvalue weighted by Gasteiger charge is 2.22. The molecule has 1 unspecified atom stereocenters. The highest BCUT2D eigenvalue weighted by molar-refractivity contribution is 5.72. The average molecular weight is 393 g/mol. The second-order valence-electron chi connectivity index (χ2n) is 7.72. The monoisotopic (exact) mass is 392 g/mol. The summed E-state index contributed by atoms with van der Waals surface area (Å²) in [6, 6.07) is 0. The van der Waals surface area contributed by atoms with E-state index in [2.05, 4.69) is 39.0 Å². The molecule has 160 valence electrons. The van der Waals surface area contributed by atoms with E-state index < -0.39 is 0 Å². The van der Waals surface area contributed by atoms with Crippen molar-refractivity contribution in [3.63, 3.8) is 0 Å². The summed E-state index contributed by atoms with van der Waals surface area (Å²) in [5, 5.41) is 0. The van der Waals surface area contributed by atoms with Crippen LogP contribution in [0.5, 0.6) is 0 Å². The summed E-state index contributed by atoms with van der Waals surface area (Å²) in [5.74, 6) is -0.0766. The molecule has 1 atom stereocenters. The fraction of sp³-hybridized carbons (Fsp3) is 0.708. The van der Waals surface area contributed by atoms with Gasteiger partial charge in [-0.25, -0.2) is 0 Å². The Kier molecular flexibility index (Phi) is 13.7. The Labute approximate surface area is 172 Å². The van der Waals surface area contributed by atoms with Crippen molar-refractivity contribution in [3.05, 3.63) is 34.9 Å². The Morgan fingerprint density at radius 1 is 1.07 bits per heavy atom. The standard InChI is InChI=1S/C24H40O4/c1-5-26-16-17-27-18-19-28-24(25)23-14-12-22(13-15-23)11-7-10-21(4)9-6-8-20(2)3/h8,10,12,23H,5-7,9,11,13-19H2,1-4H3. The minimum absolute atomic E-state index is 0.00789. The van der Waals surface area contributed by atoms with Gasteiger partial charge in [0, 0.05) is 6.61 Å². The lowest BCUT2D eigenvalue weighted by atomic mass is 9.87. The van der Waals surface area contributed by atoms with E-state index in [1.54, 1.807) is 0 Å². The molecule has 1 aliphatic rings. The zero-order valence-corrected chi connectivity index (χ0v) is 18.4. The van der Waals surface area contributed by atoms with E-state index in [4.69, 9.17) is 14.2 Å². The van der Waals surface area contributed by atoms with E-state index in [0.29, 0.717) is 33.0 Å². The Morgan fingerprint density at radius 3 is 2.50 bits per heavy atom. The maximum Gasteiger partial charge on any atom is 0.309 e. The van der Waals surface area contributed by atoms with Crippen molar-refractivity contribution in [3.8, 4) is 0 Å². The van der Waals surface area contributed by atoms with Gasteiger partial charge in [0.15, 0.2) is 0 Å². The van der Waals surface area contributed by atoms with E-state index in [1.165, 1.54) is 16.7 Å². The van der Waals surface area contributed by atoms with Crippen LogP contribution >= 0.6 is 0 Å². The first-order valence-electron chi connectivity index (χ1n) is 10.8. The molecule has 4 nitrogen and oxygen atoms in total. The topological polar surface area (TPSA) is 44.8 Å². The molecule has 0 fully saturated rings. The number of rotatable bonds is 14. The lowest BCUT2D eigenvalue weighted by Gasteiger charge is -2.20. The Bertz CT molecular complexity index is 527. The lowest BCUT2D eigenvalue weighted by molar-refractivity contribution is -0.150. The molecule has 0 aromatic carbocycles. The molecule has 28 heavy (non-hydrogen) atoms. The van der Waals surface area contributed by atoms with Gasteiger partial charge in [0.1, 0.15) is 6.61 Å². The molecule has 0 N–H and O–H groups in total. The van der Waals surface area contributed by atoms with Crippen LogP contribution in [0.3, 0.4) is 0 Å². The average Bonchev–Trinajstić information content (AvgIpc) is 2.67. The van der Waals surface area contributed by atoms with Crippen molar-refractivity contribution >= 4 is 5.97 Å². The highest BCUT2D eigenvalue weighted by Crippen LogP contribution is 2.27. The third-order valence-electron chi connectivity index (χ3n) is 4.94. The second kappa shape index (κ2) is 15.5. The van der Waals surface area contributed by atoms with Crippen LogP contribution in [0.1, 0.15) is 72.6 Å². The maximum absolute atomic E-state index is 12.1. The molecule has 0 saturated carbocycles. The molecule has 0 saturated heterocycles. The first-order valence-corrected chi connectivity index (χ1v) is 10.8. The molecular weight excluding hydrogens is 352 g/mol. The number of esters is 1. The highest BCUT2D eigenvalue weighted by atomic mass is 16.6. The first-order chi connectivity index (χ1) is 13.5. The van der Waals surface area contributed by atoms with Crippen LogP contribution in [-0.4, -0.2) is 39.0 Å². The molecule has 0 aliphatic heterocycles. The van der Waals surface area contributed by atoms with Crippen LogP contribution in [0.15, 0.2) is 34.9 Å². The molecule has 0 radical (unpaired) electrons. The minimum Gasteiger partial charge on any atom is -0.463 e. The summed E-state index contributed by atoms with van der Waals surface area (Å²) in [7, 11) is 0. The van der Waals surface area contributed by atoms with Crippen LogP contribution in [0, 0.1) is 5.92 Å². The van der Waals surface area contributed by atoms with E-state index in [-0.39, 0.29) is 11.9 Å². The molecule has 4 heteroatoms. The number of allylic oxidation sites excluding steroid dienone is 6. The summed E-state index contributed by atoms with van der Waals surface area (Å²) in [4.78, 5) is 12.1. The molecule has 0 bridgehead atoms. The molecule has 0 aromatic heterocycles. The van der Waals surface area contributed by atoms with E-state index in [0.717, 1.165) is 44.9 Å². The molecular formula is C24H40O4. The number of hydrogen-bond acceptors (Lipinski definition) is 4. The SMILES string of the molecule is CCOCCOCCOC(=O)C1CC=C(CCC=C(C)CCC=C(C)C)CC1. The lowest BCUT2D eigenvalue weighted by Crippen LogP contribution is -2.22. The van der Waals surface area contributed by atoms with Gasteiger partial charge < -0.3 is 14.2 Å². The van der Waals surface area contributed by atoms with Gasteiger partial charge in [-0.1, -0.05) is 34.9 Å².